The lowest BCUT2D eigenvalue weighted by molar-refractivity contribution is 0.572. The van der Waals surface area contributed by atoms with Gasteiger partial charge >= 0.3 is 0 Å². The van der Waals surface area contributed by atoms with Gasteiger partial charge in [0.2, 0.25) is 5.13 Å². The molecule has 0 radical (unpaired) electrons. The summed E-state index contributed by atoms with van der Waals surface area (Å²) < 4.78 is 6.22. The van der Waals surface area contributed by atoms with Crippen LogP contribution >= 0.6 is 11.5 Å². The van der Waals surface area contributed by atoms with E-state index in [1.807, 2.05) is 17.6 Å². The molecule has 4 rings (SSSR count). The zero-order valence-corrected chi connectivity index (χ0v) is 16.6. The highest BCUT2D eigenvalue weighted by Crippen LogP contribution is 2.23. The number of hydrogen-bond acceptors (Lipinski definition) is 7. The van der Waals surface area contributed by atoms with Crippen molar-refractivity contribution in [3.63, 3.8) is 0 Å². The van der Waals surface area contributed by atoms with Crippen LogP contribution in [0.2, 0.25) is 0 Å². The Kier molecular flexibility index (Phi) is 4.30. The van der Waals surface area contributed by atoms with Crippen molar-refractivity contribution >= 4 is 28.1 Å². The first kappa shape index (κ1) is 17.2. The van der Waals surface area contributed by atoms with E-state index in [-0.39, 0.29) is 5.41 Å². The molecule has 0 unspecified atom stereocenters. The highest BCUT2D eigenvalue weighted by atomic mass is 32.1. The van der Waals surface area contributed by atoms with Crippen molar-refractivity contribution in [2.45, 2.75) is 39.5 Å². The third-order valence-corrected chi connectivity index (χ3v) is 5.55. The second kappa shape index (κ2) is 6.50. The van der Waals surface area contributed by atoms with Gasteiger partial charge < -0.3 is 9.80 Å². The fraction of sp³-hybridized carbons (Fsp3) is 0.556. The molecule has 1 fully saturated rings. The lowest BCUT2D eigenvalue weighted by atomic mass is 9.93. The highest BCUT2D eigenvalue weighted by molar-refractivity contribution is 7.09. The topological polar surface area (TPSA) is 62.5 Å². The van der Waals surface area contributed by atoms with Gasteiger partial charge in [0, 0.05) is 43.1 Å². The summed E-state index contributed by atoms with van der Waals surface area (Å²) in [6.45, 7) is 12.3. The van der Waals surface area contributed by atoms with Gasteiger partial charge in [0.25, 0.3) is 0 Å². The first-order valence-corrected chi connectivity index (χ1v) is 9.85. The zero-order chi connectivity index (χ0) is 18.3. The Morgan fingerprint density at radius 1 is 1.00 bits per heavy atom. The average Bonchev–Trinajstić information content (AvgIpc) is 3.13. The maximum atomic E-state index is 4.81. The fourth-order valence-electron chi connectivity index (χ4n) is 3.15. The van der Waals surface area contributed by atoms with Crippen LogP contribution in [-0.4, -0.2) is 50.1 Å². The molecular weight excluding hydrogens is 346 g/mol. The van der Waals surface area contributed by atoms with Gasteiger partial charge in [-0.05, 0) is 25.5 Å². The Hall–Kier alpha value is -2.22. The van der Waals surface area contributed by atoms with Crippen molar-refractivity contribution in [1.82, 2.24) is 24.0 Å². The van der Waals surface area contributed by atoms with Crippen molar-refractivity contribution in [1.29, 1.82) is 0 Å². The summed E-state index contributed by atoms with van der Waals surface area (Å²) in [5.41, 5.74) is 1.99. The van der Waals surface area contributed by atoms with Gasteiger partial charge in [0.1, 0.15) is 11.6 Å². The third-order valence-electron chi connectivity index (χ3n) is 4.68. The number of aryl methyl sites for hydroxylation is 1. The molecule has 3 aromatic rings. The Morgan fingerprint density at radius 3 is 2.50 bits per heavy atom. The van der Waals surface area contributed by atoms with Gasteiger partial charge in [-0.1, -0.05) is 20.8 Å². The number of anilines is 2. The van der Waals surface area contributed by atoms with Crippen LogP contribution in [-0.2, 0) is 5.41 Å². The molecular formula is C18H25N7S. The molecule has 3 aromatic heterocycles. The van der Waals surface area contributed by atoms with Gasteiger partial charge in [-0.25, -0.2) is 14.5 Å². The number of fused-ring (bicyclic) bond motifs is 1. The van der Waals surface area contributed by atoms with Crippen molar-refractivity contribution in [2.24, 2.45) is 0 Å². The minimum atomic E-state index is 0.0246. The highest BCUT2D eigenvalue weighted by Gasteiger charge is 2.21. The molecule has 1 aliphatic heterocycles. The molecule has 1 aliphatic rings. The molecule has 0 bridgehead atoms. The van der Waals surface area contributed by atoms with E-state index in [9.17, 15) is 0 Å². The van der Waals surface area contributed by atoms with Crippen molar-refractivity contribution < 1.29 is 0 Å². The molecule has 8 heteroatoms. The summed E-state index contributed by atoms with van der Waals surface area (Å²) in [4.78, 5) is 13.9. The normalized spacial score (nSPS) is 16.3. The van der Waals surface area contributed by atoms with E-state index >= 15 is 0 Å². The van der Waals surface area contributed by atoms with Crippen LogP contribution in [0, 0.1) is 6.92 Å². The molecule has 1 saturated heterocycles. The van der Waals surface area contributed by atoms with E-state index in [1.165, 1.54) is 11.5 Å². The SMILES string of the molecule is Cc1nsc(N2CCCN(c3ccc4nc(C(C)(C)C)cn4n3)CC2)n1. The quantitative estimate of drug-likeness (QED) is 0.690. The van der Waals surface area contributed by atoms with E-state index in [2.05, 4.69) is 52.1 Å². The zero-order valence-electron chi connectivity index (χ0n) is 15.8. The minimum absolute atomic E-state index is 0.0246. The van der Waals surface area contributed by atoms with Crippen LogP contribution in [0.15, 0.2) is 18.3 Å². The lowest BCUT2D eigenvalue weighted by Crippen LogP contribution is -2.31. The molecule has 0 atom stereocenters. The van der Waals surface area contributed by atoms with Crippen LogP contribution in [0.1, 0.15) is 38.7 Å². The standard InChI is InChI=1S/C18H25N7S/c1-13-19-17(26-22-13)24-9-5-8-23(10-11-24)16-7-6-15-20-14(18(2,3)4)12-25(15)21-16/h6-7,12H,5,8-11H2,1-4H3. The van der Waals surface area contributed by atoms with Gasteiger partial charge in [0.15, 0.2) is 5.65 Å². The van der Waals surface area contributed by atoms with Crippen molar-refractivity contribution in [3.8, 4) is 0 Å². The first-order chi connectivity index (χ1) is 12.4. The Bertz CT molecular complexity index is 908. The van der Waals surface area contributed by atoms with Crippen LogP contribution < -0.4 is 9.80 Å². The molecule has 0 aromatic carbocycles. The van der Waals surface area contributed by atoms with Crippen LogP contribution in [0.25, 0.3) is 5.65 Å². The smallest absolute Gasteiger partial charge is 0.205 e. The molecule has 4 heterocycles. The van der Waals surface area contributed by atoms with Crippen LogP contribution in [0.5, 0.6) is 0 Å². The molecule has 0 saturated carbocycles. The van der Waals surface area contributed by atoms with Gasteiger partial charge in [-0.2, -0.15) is 4.37 Å². The number of rotatable bonds is 2. The van der Waals surface area contributed by atoms with E-state index in [0.29, 0.717) is 0 Å². The molecule has 0 spiro atoms. The molecule has 26 heavy (non-hydrogen) atoms. The van der Waals surface area contributed by atoms with E-state index in [1.54, 1.807) is 0 Å². The number of hydrogen-bond donors (Lipinski definition) is 0. The van der Waals surface area contributed by atoms with Crippen LogP contribution in [0.4, 0.5) is 10.9 Å². The molecule has 0 amide bonds. The number of aromatic nitrogens is 5. The number of nitrogens with zero attached hydrogens (tertiary/aromatic N) is 7. The first-order valence-electron chi connectivity index (χ1n) is 9.07. The van der Waals surface area contributed by atoms with E-state index in [4.69, 9.17) is 10.1 Å². The Morgan fingerprint density at radius 2 is 1.77 bits per heavy atom. The summed E-state index contributed by atoms with van der Waals surface area (Å²) >= 11 is 1.49. The Balaban J connectivity index is 1.53. The summed E-state index contributed by atoms with van der Waals surface area (Å²) in [7, 11) is 0. The second-order valence-corrected chi connectivity index (χ2v) is 8.55. The Labute approximate surface area is 157 Å². The van der Waals surface area contributed by atoms with E-state index in [0.717, 1.165) is 60.7 Å². The van der Waals surface area contributed by atoms with Gasteiger partial charge in [-0.3, -0.25) is 0 Å². The summed E-state index contributed by atoms with van der Waals surface area (Å²) in [5.74, 6) is 1.86. The predicted molar refractivity (Wildman–Crippen MR) is 105 cm³/mol. The fourth-order valence-corrected chi connectivity index (χ4v) is 3.88. The average molecular weight is 372 g/mol. The predicted octanol–water partition coefficient (Wildman–Crippen LogP) is 2.90. The van der Waals surface area contributed by atoms with E-state index < -0.39 is 0 Å². The summed E-state index contributed by atoms with van der Waals surface area (Å²) in [6, 6.07) is 4.15. The maximum Gasteiger partial charge on any atom is 0.205 e. The molecule has 0 aliphatic carbocycles. The summed E-state index contributed by atoms with van der Waals surface area (Å²) in [6.07, 6.45) is 3.13. The lowest BCUT2D eigenvalue weighted by Gasteiger charge is -2.22. The van der Waals surface area contributed by atoms with Crippen molar-refractivity contribution in [3.05, 3.63) is 29.8 Å². The maximum absolute atomic E-state index is 4.81. The molecule has 7 nitrogen and oxygen atoms in total. The molecule has 138 valence electrons. The number of imidazole rings is 1. The van der Waals surface area contributed by atoms with Gasteiger partial charge in [0.05, 0.1) is 11.9 Å². The second-order valence-electron chi connectivity index (χ2n) is 7.82. The minimum Gasteiger partial charge on any atom is -0.353 e. The monoisotopic (exact) mass is 371 g/mol. The summed E-state index contributed by atoms with van der Waals surface area (Å²) in [5, 5.41) is 5.84. The van der Waals surface area contributed by atoms with Crippen LogP contribution in [0.3, 0.4) is 0 Å². The largest absolute Gasteiger partial charge is 0.353 e. The van der Waals surface area contributed by atoms with Crippen molar-refractivity contribution in [2.75, 3.05) is 36.0 Å². The molecule has 0 N–H and O–H groups in total. The third kappa shape index (κ3) is 3.38. The van der Waals surface area contributed by atoms with Gasteiger partial charge in [-0.15, -0.1) is 5.10 Å².